The van der Waals surface area contributed by atoms with Gasteiger partial charge in [0.15, 0.2) is 0 Å². The number of carbonyl (C=O) groups is 2. The highest BCUT2D eigenvalue weighted by atomic mass is 16.2. The predicted molar refractivity (Wildman–Crippen MR) is 73.0 cm³/mol. The lowest BCUT2D eigenvalue weighted by molar-refractivity contribution is -0.129. The van der Waals surface area contributed by atoms with Crippen LogP contribution in [0.3, 0.4) is 0 Å². The molecule has 1 unspecified atom stereocenters. The molecular weight excluding hydrogens is 242 g/mol. The Bertz CT molecular complexity index is 520. The molecule has 0 aromatic heterocycles. The smallest absolute Gasteiger partial charge is 0.264 e. The Morgan fingerprint density at radius 2 is 1.95 bits per heavy atom. The molecule has 0 spiro atoms. The summed E-state index contributed by atoms with van der Waals surface area (Å²) in [5, 5.41) is 5.65. The Hall–Kier alpha value is -2.01. The van der Waals surface area contributed by atoms with Crippen molar-refractivity contribution < 1.29 is 9.59 Å². The van der Waals surface area contributed by atoms with Gasteiger partial charge in [0, 0.05) is 13.0 Å². The second-order valence-electron chi connectivity index (χ2n) is 4.58. The maximum absolute atomic E-state index is 12.0. The van der Waals surface area contributed by atoms with Gasteiger partial charge >= 0.3 is 0 Å². The van der Waals surface area contributed by atoms with Crippen molar-refractivity contribution in [2.45, 2.75) is 19.3 Å². The van der Waals surface area contributed by atoms with Crippen molar-refractivity contribution in [3.05, 3.63) is 35.4 Å². The first-order valence-electron chi connectivity index (χ1n) is 6.25. The van der Waals surface area contributed by atoms with E-state index in [9.17, 15) is 9.59 Å². The molecule has 5 heteroatoms. The summed E-state index contributed by atoms with van der Waals surface area (Å²) in [5.41, 5.74) is 1.77. The van der Waals surface area contributed by atoms with Crippen LogP contribution >= 0.6 is 0 Å². The van der Waals surface area contributed by atoms with E-state index in [2.05, 4.69) is 15.6 Å². The number of benzene rings is 1. The molecule has 0 bridgehead atoms. The fourth-order valence-electron chi connectivity index (χ4n) is 1.97. The molecule has 1 atom stereocenters. The lowest BCUT2D eigenvalue weighted by atomic mass is 9.95. The second-order valence-corrected chi connectivity index (χ2v) is 4.58. The Labute approximate surface area is 112 Å². The number of carbonyl (C=O) groups excluding carboxylic acids is 2. The molecule has 19 heavy (non-hydrogen) atoms. The molecule has 0 aliphatic carbocycles. The molecule has 1 aliphatic rings. The van der Waals surface area contributed by atoms with Crippen molar-refractivity contribution in [3.8, 4) is 0 Å². The van der Waals surface area contributed by atoms with Crippen LogP contribution in [0.2, 0.25) is 0 Å². The summed E-state index contributed by atoms with van der Waals surface area (Å²) in [7, 11) is 1.81. The highest BCUT2D eigenvalue weighted by Crippen LogP contribution is 2.21. The highest BCUT2D eigenvalue weighted by Gasteiger charge is 2.32. The first kappa shape index (κ1) is 13.4. The largest absolute Gasteiger partial charge is 0.319 e. The molecule has 0 saturated heterocycles. The molecule has 2 rings (SSSR count). The lowest BCUT2D eigenvalue weighted by Gasteiger charge is -2.20. The zero-order chi connectivity index (χ0) is 13.8. The number of hydrogen-bond acceptors (Lipinski definition) is 3. The zero-order valence-corrected chi connectivity index (χ0v) is 11.1. The van der Waals surface area contributed by atoms with Crippen LogP contribution in [0.25, 0.3) is 0 Å². The normalized spacial score (nSPS) is 19.1. The number of hydrogen-bond donors (Lipinski definition) is 2. The van der Waals surface area contributed by atoms with E-state index >= 15 is 0 Å². The van der Waals surface area contributed by atoms with E-state index in [0.717, 1.165) is 5.56 Å². The van der Waals surface area contributed by atoms with E-state index in [4.69, 9.17) is 0 Å². The van der Waals surface area contributed by atoms with Gasteiger partial charge in [-0.25, -0.2) is 0 Å². The Balaban J connectivity index is 2.20. The van der Waals surface area contributed by atoms with Crippen LogP contribution in [0, 0.1) is 6.92 Å². The fraction of sp³-hybridized carbons (Fsp3) is 0.357. The molecule has 2 amide bonds. The zero-order valence-electron chi connectivity index (χ0n) is 11.1. The summed E-state index contributed by atoms with van der Waals surface area (Å²) in [6.07, 6.45) is 0.536. The second kappa shape index (κ2) is 5.75. The van der Waals surface area contributed by atoms with Crippen molar-refractivity contribution in [1.82, 2.24) is 10.6 Å². The van der Waals surface area contributed by atoms with E-state index < -0.39 is 11.8 Å². The third kappa shape index (κ3) is 3.06. The average Bonchev–Trinajstić information content (AvgIpc) is 2.38. The molecule has 1 aliphatic heterocycles. The molecule has 100 valence electrons. The first-order valence-corrected chi connectivity index (χ1v) is 6.25. The minimum absolute atomic E-state index is 0.296. The number of aryl methyl sites for hydroxylation is 1. The van der Waals surface area contributed by atoms with Gasteiger partial charge in [-0.3, -0.25) is 9.59 Å². The van der Waals surface area contributed by atoms with Crippen molar-refractivity contribution in [1.29, 1.82) is 0 Å². The molecule has 0 saturated carbocycles. The molecule has 1 heterocycles. The molecule has 1 aromatic rings. The van der Waals surface area contributed by atoms with Crippen LogP contribution in [0.15, 0.2) is 29.3 Å². The van der Waals surface area contributed by atoms with Gasteiger partial charge < -0.3 is 10.6 Å². The van der Waals surface area contributed by atoms with Gasteiger partial charge in [0.25, 0.3) is 5.91 Å². The molecule has 5 nitrogen and oxygen atoms in total. The number of nitrogens with one attached hydrogen (secondary N) is 2. The predicted octanol–water partition coefficient (Wildman–Crippen LogP) is 0.743. The van der Waals surface area contributed by atoms with Crippen molar-refractivity contribution in [2.24, 2.45) is 4.99 Å². The maximum atomic E-state index is 12.0. The quantitative estimate of drug-likeness (QED) is 0.784. The first-order chi connectivity index (χ1) is 9.11. The summed E-state index contributed by atoms with van der Waals surface area (Å²) < 4.78 is 0. The van der Waals surface area contributed by atoms with Crippen molar-refractivity contribution in [3.63, 3.8) is 0 Å². The number of aliphatic imine (C=N–C) groups is 1. The van der Waals surface area contributed by atoms with Crippen LogP contribution in [0.1, 0.15) is 23.5 Å². The number of amidine groups is 1. The fourth-order valence-corrected chi connectivity index (χ4v) is 1.97. The van der Waals surface area contributed by atoms with Gasteiger partial charge in [-0.05, 0) is 19.5 Å². The Morgan fingerprint density at radius 1 is 1.26 bits per heavy atom. The van der Waals surface area contributed by atoms with Crippen molar-refractivity contribution >= 4 is 17.6 Å². The van der Waals surface area contributed by atoms with Gasteiger partial charge in [0.05, 0.1) is 0 Å². The van der Waals surface area contributed by atoms with E-state index in [1.807, 2.05) is 26.1 Å². The van der Waals surface area contributed by atoms with Gasteiger partial charge in [-0.15, -0.1) is 0 Å². The Morgan fingerprint density at radius 3 is 2.53 bits per heavy atom. The number of amides is 2. The molecule has 2 N–H and O–H groups in total. The molecule has 1 aromatic carbocycles. The van der Waals surface area contributed by atoms with Crippen molar-refractivity contribution in [2.75, 3.05) is 13.6 Å². The van der Waals surface area contributed by atoms with Crippen LogP contribution < -0.4 is 10.6 Å². The summed E-state index contributed by atoms with van der Waals surface area (Å²) in [4.78, 5) is 28.0. The third-order valence-corrected chi connectivity index (χ3v) is 3.04. The summed E-state index contributed by atoms with van der Waals surface area (Å²) in [6, 6.07) is 7.36. The van der Waals surface area contributed by atoms with Gasteiger partial charge in [0.1, 0.15) is 11.8 Å². The van der Waals surface area contributed by atoms with E-state index in [-0.39, 0.29) is 5.91 Å². The monoisotopic (exact) mass is 259 g/mol. The lowest BCUT2D eigenvalue weighted by Crippen LogP contribution is -2.43. The Kier molecular flexibility index (Phi) is 4.06. The minimum atomic E-state index is -0.820. The molecular formula is C14H17N3O2. The molecule has 0 fully saturated rings. The topological polar surface area (TPSA) is 70.6 Å². The summed E-state index contributed by atoms with van der Waals surface area (Å²) in [6.45, 7) is 2.63. The average molecular weight is 259 g/mol. The third-order valence-electron chi connectivity index (χ3n) is 3.04. The molecule has 0 radical (unpaired) electrons. The van der Waals surface area contributed by atoms with Gasteiger partial charge in [-0.1, -0.05) is 29.8 Å². The summed E-state index contributed by atoms with van der Waals surface area (Å²) in [5.74, 6) is -1.07. The minimum Gasteiger partial charge on any atom is -0.319 e. The van der Waals surface area contributed by atoms with Crippen LogP contribution in [0.4, 0.5) is 0 Å². The van der Waals surface area contributed by atoms with Crippen LogP contribution in [0.5, 0.6) is 0 Å². The van der Waals surface area contributed by atoms with Crippen LogP contribution in [-0.2, 0) is 9.59 Å². The maximum Gasteiger partial charge on any atom is 0.264 e. The van der Waals surface area contributed by atoms with Crippen LogP contribution in [-0.4, -0.2) is 31.2 Å². The van der Waals surface area contributed by atoms with E-state index in [1.165, 1.54) is 0 Å². The van der Waals surface area contributed by atoms with E-state index in [1.54, 1.807) is 12.1 Å². The number of nitrogens with zero attached hydrogens (tertiary/aromatic N) is 1. The van der Waals surface area contributed by atoms with E-state index in [0.29, 0.717) is 24.4 Å². The number of rotatable bonds is 4. The highest BCUT2D eigenvalue weighted by molar-refractivity contribution is 6.19. The standard InChI is InChI=1S/C14H17N3O2/c1-9-3-5-10(6-4-9)12-13(18)16-11(7-8-15-2)17-14(12)19/h3-6,12,15H,7-8H2,1-2H3,(H,16,17,18,19). The summed E-state index contributed by atoms with van der Waals surface area (Å²) >= 11 is 0. The van der Waals surface area contributed by atoms with Gasteiger partial charge in [0.2, 0.25) is 5.91 Å². The SMILES string of the molecule is CNCCC1=NC(=O)C(c2ccc(C)cc2)C(=O)N1. The van der Waals surface area contributed by atoms with Gasteiger partial charge in [-0.2, -0.15) is 4.99 Å².